The van der Waals surface area contributed by atoms with Crippen LogP contribution < -0.4 is 4.31 Å². The maximum Gasteiger partial charge on any atom is 0.338 e. The highest BCUT2D eigenvalue weighted by Crippen LogP contribution is 2.30. The molecule has 7 nitrogen and oxygen atoms in total. The summed E-state index contributed by atoms with van der Waals surface area (Å²) in [7, 11) is -3.33. The summed E-state index contributed by atoms with van der Waals surface area (Å²) in [4.78, 5) is 26.6. The summed E-state index contributed by atoms with van der Waals surface area (Å²) in [6.45, 7) is 9.46. The first-order valence-electron chi connectivity index (χ1n) is 9.54. The number of benzene rings is 1. The molecule has 2 rings (SSSR count). The van der Waals surface area contributed by atoms with Gasteiger partial charge in [-0.3, -0.25) is 9.10 Å². The molecule has 0 fully saturated rings. The monoisotopic (exact) mass is 410 g/mol. The summed E-state index contributed by atoms with van der Waals surface area (Å²) in [5.74, 6) is -0.135. The maximum absolute atomic E-state index is 12.5. The van der Waals surface area contributed by atoms with Crippen LogP contribution >= 0.6 is 0 Å². The van der Waals surface area contributed by atoms with Crippen LogP contribution in [0, 0.1) is 11.8 Å². The van der Waals surface area contributed by atoms with Crippen LogP contribution in [0.3, 0.4) is 0 Å². The van der Waals surface area contributed by atoms with E-state index in [1.807, 2.05) is 27.7 Å². The Balaban J connectivity index is 2.02. The molecule has 0 radical (unpaired) electrons. The first kappa shape index (κ1) is 22.2. The quantitative estimate of drug-likeness (QED) is 0.614. The molecule has 28 heavy (non-hydrogen) atoms. The van der Waals surface area contributed by atoms with E-state index in [9.17, 15) is 18.0 Å². The SMILES string of the molecule is CC(C)CN(CC(C)C)C(=O)COC(=O)c1ccc2c(c1)CCN2S(C)(=O)=O. The van der Waals surface area contributed by atoms with Crippen molar-refractivity contribution in [1.82, 2.24) is 4.90 Å². The minimum Gasteiger partial charge on any atom is -0.452 e. The summed E-state index contributed by atoms with van der Waals surface area (Å²) in [6.07, 6.45) is 1.70. The van der Waals surface area contributed by atoms with Gasteiger partial charge < -0.3 is 9.64 Å². The molecular formula is C20H30N2O5S. The topological polar surface area (TPSA) is 84.0 Å². The van der Waals surface area contributed by atoms with Crippen molar-refractivity contribution in [1.29, 1.82) is 0 Å². The highest BCUT2D eigenvalue weighted by atomic mass is 32.2. The van der Waals surface area contributed by atoms with Crippen molar-refractivity contribution in [3.8, 4) is 0 Å². The third-order valence-corrected chi connectivity index (χ3v) is 5.60. The summed E-state index contributed by atoms with van der Waals surface area (Å²) in [6, 6.07) is 4.80. The third kappa shape index (κ3) is 5.70. The van der Waals surface area contributed by atoms with E-state index in [0.717, 1.165) is 11.8 Å². The Morgan fingerprint density at radius 2 is 1.75 bits per heavy atom. The summed E-state index contributed by atoms with van der Waals surface area (Å²) in [5, 5.41) is 0. The van der Waals surface area contributed by atoms with Gasteiger partial charge in [0.1, 0.15) is 0 Å². The van der Waals surface area contributed by atoms with Gasteiger partial charge >= 0.3 is 5.97 Å². The second kappa shape index (κ2) is 8.94. The molecular weight excluding hydrogens is 380 g/mol. The normalized spacial score (nSPS) is 13.8. The number of esters is 1. The van der Waals surface area contributed by atoms with Crippen LogP contribution in [0.25, 0.3) is 0 Å². The standard InChI is InChI=1S/C20H30N2O5S/c1-14(2)11-21(12-15(3)4)19(23)13-27-20(24)17-6-7-18-16(10-17)8-9-22(18)28(5,25)26/h6-7,10,14-15H,8-9,11-13H2,1-5H3. The molecule has 0 unspecified atom stereocenters. The molecule has 0 N–H and O–H groups in total. The Hall–Kier alpha value is -2.09. The second-order valence-corrected chi connectivity index (χ2v) is 10.00. The van der Waals surface area contributed by atoms with Gasteiger partial charge in [-0.05, 0) is 42.0 Å². The number of amides is 1. The van der Waals surface area contributed by atoms with Crippen LogP contribution in [0.5, 0.6) is 0 Å². The van der Waals surface area contributed by atoms with Crippen molar-refractivity contribution in [2.45, 2.75) is 34.1 Å². The Morgan fingerprint density at radius 3 is 2.29 bits per heavy atom. The van der Waals surface area contributed by atoms with E-state index in [4.69, 9.17) is 4.74 Å². The van der Waals surface area contributed by atoms with Crippen molar-refractivity contribution in [3.05, 3.63) is 29.3 Å². The van der Waals surface area contributed by atoms with E-state index in [0.29, 0.717) is 49.1 Å². The number of sulfonamides is 1. The first-order valence-corrected chi connectivity index (χ1v) is 11.4. The predicted molar refractivity (Wildman–Crippen MR) is 109 cm³/mol. The van der Waals surface area contributed by atoms with E-state index >= 15 is 0 Å². The lowest BCUT2D eigenvalue weighted by Crippen LogP contribution is -2.39. The molecule has 0 saturated carbocycles. The van der Waals surface area contributed by atoms with Gasteiger partial charge in [0.15, 0.2) is 6.61 Å². The predicted octanol–water partition coefficient (Wildman–Crippen LogP) is 2.31. The average molecular weight is 411 g/mol. The molecule has 1 amide bonds. The zero-order chi connectivity index (χ0) is 21.1. The molecule has 0 aliphatic carbocycles. The van der Waals surface area contributed by atoms with E-state index in [1.54, 1.807) is 17.0 Å². The Morgan fingerprint density at radius 1 is 1.14 bits per heavy atom. The third-order valence-electron chi connectivity index (χ3n) is 4.42. The molecule has 0 bridgehead atoms. The zero-order valence-corrected chi connectivity index (χ0v) is 18.1. The minimum atomic E-state index is -3.33. The average Bonchev–Trinajstić information content (AvgIpc) is 3.01. The molecule has 1 heterocycles. The van der Waals surface area contributed by atoms with Gasteiger partial charge in [-0.1, -0.05) is 27.7 Å². The van der Waals surface area contributed by atoms with Crippen molar-refractivity contribution in [2.24, 2.45) is 11.8 Å². The molecule has 8 heteroatoms. The van der Waals surface area contributed by atoms with Gasteiger partial charge in [0.2, 0.25) is 10.0 Å². The maximum atomic E-state index is 12.5. The van der Waals surface area contributed by atoms with Gasteiger partial charge in [-0.25, -0.2) is 13.2 Å². The molecule has 1 aliphatic heterocycles. The van der Waals surface area contributed by atoms with Gasteiger partial charge in [0.05, 0.1) is 17.5 Å². The van der Waals surface area contributed by atoms with Crippen LogP contribution in [0.2, 0.25) is 0 Å². The first-order chi connectivity index (χ1) is 13.0. The van der Waals surface area contributed by atoms with Crippen molar-refractivity contribution in [3.63, 3.8) is 0 Å². The zero-order valence-electron chi connectivity index (χ0n) is 17.3. The molecule has 0 spiro atoms. The Bertz CT molecular complexity index is 823. The summed E-state index contributed by atoms with van der Waals surface area (Å²) < 4.78 is 30.2. The number of carbonyl (C=O) groups excluding carboxylic acids is 2. The lowest BCUT2D eigenvalue weighted by atomic mass is 10.1. The lowest BCUT2D eigenvalue weighted by Gasteiger charge is -2.26. The highest BCUT2D eigenvalue weighted by Gasteiger charge is 2.27. The molecule has 0 aromatic heterocycles. The molecule has 156 valence electrons. The van der Waals surface area contributed by atoms with Crippen LogP contribution in [0.15, 0.2) is 18.2 Å². The molecule has 0 atom stereocenters. The minimum absolute atomic E-state index is 0.208. The number of hydrogen-bond acceptors (Lipinski definition) is 5. The van der Waals surface area contributed by atoms with E-state index in [2.05, 4.69) is 0 Å². The Kier molecular flexibility index (Phi) is 7.09. The van der Waals surface area contributed by atoms with Gasteiger partial charge in [0.25, 0.3) is 5.91 Å². The van der Waals surface area contributed by atoms with Crippen molar-refractivity contribution in [2.75, 3.05) is 36.8 Å². The van der Waals surface area contributed by atoms with Gasteiger partial charge in [0, 0.05) is 19.6 Å². The van der Waals surface area contributed by atoms with Crippen LogP contribution in [0.1, 0.15) is 43.6 Å². The van der Waals surface area contributed by atoms with E-state index < -0.39 is 16.0 Å². The highest BCUT2D eigenvalue weighted by molar-refractivity contribution is 7.92. The largest absolute Gasteiger partial charge is 0.452 e. The van der Waals surface area contributed by atoms with Gasteiger partial charge in [-0.2, -0.15) is 0 Å². The Labute approximate surface area is 167 Å². The number of anilines is 1. The number of rotatable bonds is 8. The van der Waals surface area contributed by atoms with E-state index in [1.165, 1.54) is 10.4 Å². The van der Waals surface area contributed by atoms with Gasteiger partial charge in [-0.15, -0.1) is 0 Å². The molecule has 1 aliphatic rings. The molecule has 1 aromatic rings. The number of carbonyl (C=O) groups is 2. The second-order valence-electron chi connectivity index (χ2n) is 8.09. The number of nitrogens with zero attached hydrogens (tertiary/aromatic N) is 2. The van der Waals surface area contributed by atoms with Crippen molar-refractivity contribution >= 4 is 27.6 Å². The summed E-state index contributed by atoms with van der Waals surface area (Å²) >= 11 is 0. The molecule has 0 saturated heterocycles. The number of ether oxygens (including phenoxy) is 1. The van der Waals surface area contributed by atoms with Crippen LogP contribution in [-0.2, 0) is 26.0 Å². The summed E-state index contributed by atoms with van der Waals surface area (Å²) in [5.41, 5.74) is 1.70. The van der Waals surface area contributed by atoms with Crippen LogP contribution in [-0.4, -0.2) is 57.7 Å². The van der Waals surface area contributed by atoms with E-state index in [-0.39, 0.29) is 12.5 Å². The number of hydrogen-bond donors (Lipinski definition) is 0. The fraction of sp³-hybridized carbons (Fsp3) is 0.600. The fourth-order valence-corrected chi connectivity index (χ4v) is 4.26. The smallest absolute Gasteiger partial charge is 0.338 e. The van der Waals surface area contributed by atoms with Crippen LogP contribution in [0.4, 0.5) is 5.69 Å². The number of fused-ring (bicyclic) bond motifs is 1. The lowest BCUT2D eigenvalue weighted by molar-refractivity contribution is -0.135. The fourth-order valence-electron chi connectivity index (χ4n) is 3.30. The van der Waals surface area contributed by atoms with Crippen molar-refractivity contribution < 1.29 is 22.7 Å². The molecule has 1 aromatic carbocycles.